The van der Waals surface area contributed by atoms with Gasteiger partial charge in [-0.05, 0) is 59.4 Å². The van der Waals surface area contributed by atoms with Crippen molar-refractivity contribution in [2.24, 2.45) is 5.92 Å². The minimum Gasteiger partial charge on any atom is -0.497 e. The first kappa shape index (κ1) is 21.6. The molecule has 0 saturated heterocycles. The molecule has 0 heterocycles. The van der Waals surface area contributed by atoms with Crippen LogP contribution in [0.1, 0.15) is 30.4 Å². The van der Waals surface area contributed by atoms with Crippen molar-refractivity contribution in [3.8, 4) is 16.9 Å². The number of methoxy groups -OCH3 is 1. The van der Waals surface area contributed by atoms with Gasteiger partial charge in [0.1, 0.15) is 11.7 Å². The lowest BCUT2D eigenvalue weighted by Gasteiger charge is -2.29. The van der Waals surface area contributed by atoms with Gasteiger partial charge in [0.25, 0.3) is 0 Å². The maximum Gasteiger partial charge on any atom is 0.317 e. The summed E-state index contributed by atoms with van der Waals surface area (Å²) in [5, 5.41) is 0. The highest BCUT2D eigenvalue weighted by Gasteiger charge is 2.39. The first-order valence-electron chi connectivity index (χ1n) is 10.8. The van der Waals surface area contributed by atoms with E-state index in [1.165, 1.54) is 0 Å². The Morgan fingerprint density at radius 1 is 0.875 bits per heavy atom. The van der Waals surface area contributed by atoms with Gasteiger partial charge in [0, 0.05) is 5.92 Å². The lowest BCUT2D eigenvalue weighted by molar-refractivity contribution is -0.151. The second-order valence-corrected chi connectivity index (χ2v) is 7.83. The summed E-state index contributed by atoms with van der Waals surface area (Å²) >= 11 is 0. The minimum atomic E-state index is -0.837. The number of carbonyl (C=O) groups excluding carboxylic acids is 2. The van der Waals surface area contributed by atoms with Gasteiger partial charge >= 0.3 is 5.97 Å². The molecule has 1 aliphatic carbocycles. The molecule has 1 aliphatic rings. The fraction of sp³-hybridized carbons (Fsp3) is 0.214. The van der Waals surface area contributed by atoms with Crippen molar-refractivity contribution in [2.75, 3.05) is 13.7 Å². The van der Waals surface area contributed by atoms with Gasteiger partial charge in [0.05, 0.1) is 13.7 Å². The summed E-state index contributed by atoms with van der Waals surface area (Å²) in [6.45, 7) is 2.00. The normalized spacial score (nSPS) is 18.1. The molecule has 3 aromatic rings. The zero-order valence-corrected chi connectivity index (χ0v) is 18.3. The van der Waals surface area contributed by atoms with Crippen LogP contribution in [-0.2, 0) is 14.3 Å². The minimum absolute atomic E-state index is 0.211. The average Bonchev–Trinajstić information content (AvgIpc) is 2.84. The number of hydrogen-bond donors (Lipinski definition) is 0. The van der Waals surface area contributed by atoms with E-state index >= 15 is 0 Å². The molecule has 4 rings (SSSR count). The van der Waals surface area contributed by atoms with Crippen molar-refractivity contribution in [2.45, 2.75) is 19.3 Å². The van der Waals surface area contributed by atoms with Gasteiger partial charge in [-0.2, -0.15) is 0 Å². The molecule has 3 aromatic carbocycles. The van der Waals surface area contributed by atoms with Crippen LogP contribution < -0.4 is 4.74 Å². The zero-order chi connectivity index (χ0) is 22.5. The van der Waals surface area contributed by atoms with Crippen LogP contribution in [0.15, 0.2) is 84.9 Å². The van der Waals surface area contributed by atoms with Crippen molar-refractivity contribution in [3.63, 3.8) is 0 Å². The molecule has 0 fully saturated rings. The Kier molecular flexibility index (Phi) is 6.50. The molecule has 0 saturated carbocycles. The number of ketones is 1. The Morgan fingerprint density at radius 3 is 2.12 bits per heavy atom. The lowest BCUT2D eigenvalue weighted by Crippen LogP contribution is -2.34. The molecule has 0 amide bonds. The molecular formula is C28H26O4. The summed E-state index contributed by atoms with van der Waals surface area (Å²) in [4.78, 5) is 25.8. The van der Waals surface area contributed by atoms with E-state index in [1.807, 2.05) is 54.6 Å². The van der Waals surface area contributed by atoms with Gasteiger partial charge in [0.15, 0.2) is 5.78 Å². The number of rotatable bonds is 6. The van der Waals surface area contributed by atoms with Gasteiger partial charge in [-0.1, -0.05) is 66.7 Å². The summed E-state index contributed by atoms with van der Waals surface area (Å²) in [5.74, 6) is -1.07. The smallest absolute Gasteiger partial charge is 0.317 e. The van der Waals surface area contributed by atoms with E-state index in [0.717, 1.165) is 33.6 Å². The van der Waals surface area contributed by atoms with E-state index in [9.17, 15) is 9.59 Å². The fourth-order valence-electron chi connectivity index (χ4n) is 4.26. The number of esters is 1. The van der Waals surface area contributed by atoms with E-state index < -0.39 is 11.9 Å². The molecule has 0 bridgehead atoms. The monoisotopic (exact) mass is 426 g/mol. The van der Waals surface area contributed by atoms with Crippen LogP contribution in [0.25, 0.3) is 16.7 Å². The van der Waals surface area contributed by atoms with Gasteiger partial charge < -0.3 is 9.47 Å². The van der Waals surface area contributed by atoms with Gasteiger partial charge in [-0.3, -0.25) is 9.59 Å². The molecule has 2 unspecified atom stereocenters. The Morgan fingerprint density at radius 2 is 1.50 bits per heavy atom. The Balaban J connectivity index is 1.66. The molecule has 0 aromatic heterocycles. The number of allylic oxidation sites excluding steroid dienone is 2. The molecule has 4 heteroatoms. The molecular weight excluding hydrogens is 400 g/mol. The molecule has 32 heavy (non-hydrogen) atoms. The lowest BCUT2D eigenvalue weighted by atomic mass is 9.73. The summed E-state index contributed by atoms with van der Waals surface area (Å²) in [7, 11) is 1.61. The second kappa shape index (κ2) is 9.65. The van der Waals surface area contributed by atoms with Gasteiger partial charge in [-0.25, -0.2) is 0 Å². The van der Waals surface area contributed by atoms with Crippen molar-refractivity contribution in [1.29, 1.82) is 0 Å². The highest BCUT2D eigenvalue weighted by Crippen LogP contribution is 2.41. The summed E-state index contributed by atoms with van der Waals surface area (Å²) in [6.07, 6.45) is 2.19. The molecule has 0 radical (unpaired) electrons. The third-order valence-corrected chi connectivity index (χ3v) is 5.91. The molecule has 162 valence electrons. The average molecular weight is 427 g/mol. The predicted octanol–water partition coefficient (Wildman–Crippen LogP) is 5.68. The largest absolute Gasteiger partial charge is 0.497 e. The van der Waals surface area contributed by atoms with Crippen LogP contribution in [-0.4, -0.2) is 25.5 Å². The van der Waals surface area contributed by atoms with Crippen LogP contribution in [0, 0.1) is 5.92 Å². The number of carbonyl (C=O) groups is 2. The summed E-state index contributed by atoms with van der Waals surface area (Å²) in [6, 6.07) is 25.9. The predicted molar refractivity (Wildman–Crippen MR) is 125 cm³/mol. The third-order valence-electron chi connectivity index (χ3n) is 5.91. The highest BCUT2D eigenvalue weighted by atomic mass is 16.5. The van der Waals surface area contributed by atoms with Crippen LogP contribution >= 0.6 is 0 Å². The summed E-state index contributed by atoms with van der Waals surface area (Å²) < 4.78 is 10.5. The first-order valence-corrected chi connectivity index (χ1v) is 10.8. The Labute approximate surface area is 188 Å². The Hall–Kier alpha value is -3.66. The van der Waals surface area contributed by atoms with Crippen molar-refractivity contribution in [1.82, 2.24) is 0 Å². The van der Waals surface area contributed by atoms with E-state index in [2.05, 4.69) is 24.3 Å². The topological polar surface area (TPSA) is 52.6 Å². The second-order valence-electron chi connectivity index (χ2n) is 7.83. The first-order chi connectivity index (χ1) is 15.6. The van der Waals surface area contributed by atoms with Crippen molar-refractivity contribution >= 4 is 17.3 Å². The fourth-order valence-corrected chi connectivity index (χ4v) is 4.26. The van der Waals surface area contributed by atoms with Crippen molar-refractivity contribution in [3.05, 3.63) is 96.1 Å². The number of ether oxygens (including phenoxy) is 2. The molecule has 0 aliphatic heterocycles. The van der Waals surface area contributed by atoms with E-state index in [0.29, 0.717) is 6.42 Å². The molecule has 0 N–H and O–H groups in total. The quantitative estimate of drug-likeness (QED) is 0.376. The third kappa shape index (κ3) is 4.50. The zero-order valence-electron chi connectivity index (χ0n) is 18.3. The van der Waals surface area contributed by atoms with Crippen LogP contribution in [0.5, 0.6) is 5.75 Å². The van der Waals surface area contributed by atoms with Crippen molar-refractivity contribution < 1.29 is 19.1 Å². The van der Waals surface area contributed by atoms with E-state index in [4.69, 9.17) is 9.47 Å². The molecule has 0 spiro atoms. The highest BCUT2D eigenvalue weighted by molar-refractivity contribution is 6.10. The molecule has 2 atom stereocenters. The van der Waals surface area contributed by atoms with E-state index in [-0.39, 0.29) is 18.3 Å². The Bertz CT molecular complexity index is 1110. The number of hydrogen-bond acceptors (Lipinski definition) is 4. The van der Waals surface area contributed by atoms with Crippen LogP contribution in [0.3, 0.4) is 0 Å². The van der Waals surface area contributed by atoms with Gasteiger partial charge in [-0.15, -0.1) is 0 Å². The van der Waals surface area contributed by atoms with Crippen LogP contribution in [0.2, 0.25) is 0 Å². The van der Waals surface area contributed by atoms with Crippen LogP contribution in [0.4, 0.5) is 0 Å². The van der Waals surface area contributed by atoms with E-state index in [1.54, 1.807) is 20.1 Å². The van der Waals surface area contributed by atoms with Gasteiger partial charge in [0.2, 0.25) is 0 Å². The maximum absolute atomic E-state index is 13.1. The number of benzene rings is 3. The SMILES string of the molecule is CCOC(=O)C1C(=O)C=C(c2ccc(-c3ccccc3)cc2)CC1c1ccc(OC)cc1. The standard InChI is InChI=1S/C28H26O4/c1-3-32-28(30)27-25(22-13-15-24(31-2)16-14-22)17-23(18-26(27)29)21-11-9-20(10-12-21)19-7-5-4-6-8-19/h4-16,18,25,27H,3,17H2,1-2H3. The summed E-state index contributed by atoms with van der Waals surface area (Å²) in [5.41, 5.74) is 5.10. The molecule has 4 nitrogen and oxygen atoms in total. The maximum atomic E-state index is 13.1.